The number of benzene rings is 2. The highest BCUT2D eigenvalue weighted by molar-refractivity contribution is 5.99. The third-order valence-corrected chi connectivity index (χ3v) is 4.67. The standard InChI is InChI=1S/C22H18F2N4O2/c1-30-19-10-6-5-9-15(19)12-25-22(29)16-13-26-28-18(20(23)24)11-17(27-21(16)28)14-7-3-2-4-8-14/h2-11,13,20H,12H2,1H3,(H,25,29). The van der Waals surface area contributed by atoms with Crippen molar-refractivity contribution in [3.05, 3.63) is 83.7 Å². The zero-order valence-corrected chi connectivity index (χ0v) is 16.0. The van der Waals surface area contributed by atoms with Gasteiger partial charge >= 0.3 is 0 Å². The molecule has 0 bridgehead atoms. The number of alkyl halides is 2. The summed E-state index contributed by atoms with van der Waals surface area (Å²) in [4.78, 5) is 17.2. The van der Waals surface area contributed by atoms with Crippen LogP contribution in [0.1, 0.15) is 28.0 Å². The number of hydrogen-bond acceptors (Lipinski definition) is 4. The first-order valence-electron chi connectivity index (χ1n) is 9.21. The lowest BCUT2D eigenvalue weighted by molar-refractivity contribution is 0.0952. The molecule has 2 heterocycles. The van der Waals surface area contributed by atoms with Gasteiger partial charge in [0.2, 0.25) is 0 Å². The van der Waals surface area contributed by atoms with Gasteiger partial charge in [-0.1, -0.05) is 48.5 Å². The zero-order chi connectivity index (χ0) is 21.1. The largest absolute Gasteiger partial charge is 0.496 e. The van der Waals surface area contributed by atoms with E-state index in [2.05, 4.69) is 15.4 Å². The van der Waals surface area contributed by atoms with Crippen LogP contribution in [0.25, 0.3) is 16.9 Å². The van der Waals surface area contributed by atoms with E-state index in [-0.39, 0.29) is 23.4 Å². The lowest BCUT2D eigenvalue weighted by Crippen LogP contribution is -2.23. The van der Waals surface area contributed by atoms with Gasteiger partial charge in [0.1, 0.15) is 17.0 Å². The summed E-state index contributed by atoms with van der Waals surface area (Å²) in [6.45, 7) is 0.209. The van der Waals surface area contributed by atoms with E-state index in [0.717, 1.165) is 10.1 Å². The van der Waals surface area contributed by atoms with Crippen LogP contribution in [0.2, 0.25) is 0 Å². The van der Waals surface area contributed by atoms with E-state index < -0.39 is 12.3 Å². The molecular weight excluding hydrogens is 390 g/mol. The van der Waals surface area contributed by atoms with Gasteiger partial charge in [0.05, 0.1) is 19.0 Å². The third kappa shape index (κ3) is 3.71. The van der Waals surface area contributed by atoms with Crippen LogP contribution in [0.5, 0.6) is 5.75 Å². The number of halogens is 2. The maximum absolute atomic E-state index is 13.7. The van der Waals surface area contributed by atoms with E-state index in [4.69, 9.17) is 4.74 Å². The number of hydrogen-bond donors (Lipinski definition) is 1. The fourth-order valence-corrected chi connectivity index (χ4v) is 3.18. The second-order valence-corrected chi connectivity index (χ2v) is 6.52. The Labute approximate surface area is 171 Å². The van der Waals surface area contributed by atoms with Crippen LogP contribution in [0.4, 0.5) is 8.78 Å². The summed E-state index contributed by atoms with van der Waals surface area (Å²) in [6.07, 6.45) is -1.53. The molecule has 0 fully saturated rings. The molecule has 6 nitrogen and oxygen atoms in total. The van der Waals surface area contributed by atoms with Crippen LogP contribution in [-0.4, -0.2) is 27.6 Å². The van der Waals surface area contributed by atoms with E-state index in [9.17, 15) is 13.6 Å². The maximum atomic E-state index is 13.7. The number of amides is 1. The molecule has 2 aromatic carbocycles. The van der Waals surface area contributed by atoms with Crippen molar-refractivity contribution in [2.45, 2.75) is 13.0 Å². The van der Waals surface area contributed by atoms with Gasteiger partial charge in [0.15, 0.2) is 5.65 Å². The number of para-hydroxylation sites is 1. The van der Waals surface area contributed by atoms with Crippen LogP contribution >= 0.6 is 0 Å². The minimum Gasteiger partial charge on any atom is -0.496 e. The van der Waals surface area contributed by atoms with Gasteiger partial charge in [-0.2, -0.15) is 5.10 Å². The van der Waals surface area contributed by atoms with Crippen LogP contribution in [0, 0.1) is 0 Å². The van der Waals surface area contributed by atoms with Crippen molar-refractivity contribution in [1.29, 1.82) is 0 Å². The smallest absolute Gasteiger partial charge is 0.280 e. The Hall–Kier alpha value is -3.81. The summed E-state index contributed by atoms with van der Waals surface area (Å²) in [6, 6.07) is 17.5. The molecule has 1 N–H and O–H groups in total. The molecule has 1 amide bonds. The van der Waals surface area contributed by atoms with Crippen LogP contribution in [-0.2, 0) is 6.54 Å². The molecule has 4 rings (SSSR count). The first-order valence-corrected chi connectivity index (χ1v) is 9.21. The second kappa shape index (κ2) is 8.28. The van der Waals surface area contributed by atoms with Crippen LogP contribution < -0.4 is 10.1 Å². The van der Waals surface area contributed by atoms with Gasteiger partial charge in [-0.25, -0.2) is 18.3 Å². The maximum Gasteiger partial charge on any atom is 0.280 e. The summed E-state index contributed by atoms with van der Waals surface area (Å²) in [5.74, 6) is 0.177. The molecule has 8 heteroatoms. The predicted octanol–water partition coefficient (Wildman–Crippen LogP) is 4.27. The predicted molar refractivity (Wildman–Crippen MR) is 108 cm³/mol. The number of nitrogens with zero attached hydrogens (tertiary/aromatic N) is 3. The van der Waals surface area contributed by atoms with Gasteiger partial charge in [-0.15, -0.1) is 0 Å². The van der Waals surface area contributed by atoms with Gasteiger partial charge in [-0.05, 0) is 12.1 Å². The normalized spacial score (nSPS) is 11.1. The molecule has 30 heavy (non-hydrogen) atoms. The van der Waals surface area contributed by atoms with Crippen molar-refractivity contribution in [1.82, 2.24) is 19.9 Å². The summed E-state index contributed by atoms with van der Waals surface area (Å²) in [5, 5.41) is 6.75. The topological polar surface area (TPSA) is 68.5 Å². The Bertz CT molecular complexity index is 1190. The molecule has 152 valence electrons. The SMILES string of the molecule is COc1ccccc1CNC(=O)c1cnn2c(C(F)F)cc(-c3ccccc3)nc12. The highest BCUT2D eigenvalue weighted by atomic mass is 19.3. The molecule has 0 spiro atoms. The lowest BCUT2D eigenvalue weighted by atomic mass is 10.1. The molecule has 4 aromatic rings. The first-order chi connectivity index (χ1) is 14.6. The lowest BCUT2D eigenvalue weighted by Gasteiger charge is -2.10. The van der Waals surface area contributed by atoms with Crippen molar-refractivity contribution in [3.8, 4) is 17.0 Å². The number of carbonyl (C=O) groups excluding carboxylic acids is 1. The van der Waals surface area contributed by atoms with Crippen molar-refractivity contribution in [3.63, 3.8) is 0 Å². The summed E-state index contributed by atoms with van der Waals surface area (Å²) in [5.41, 5.74) is 1.66. The fourth-order valence-electron chi connectivity index (χ4n) is 3.18. The molecule has 0 aliphatic heterocycles. The molecule has 0 unspecified atom stereocenters. The van der Waals surface area contributed by atoms with Crippen molar-refractivity contribution < 1.29 is 18.3 Å². The molecule has 0 saturated carbocycles. The number of ether oxygens (including phenoxy) is 1. The van der Waals surface area contributed by atoms with Gasteiger partial charge in [-0.3, -0.25) is 4.79 Å². The highest BCUT2D eigenvalue weighted by Gasteiger charge is 2.21. The Balaban J connectivity index is 1.70. The van der Waals surface area contributed by atoms with E-state index in [0.29, 0.717) is 17.0 Å². The molecular formula is C22H18F2N4O2. The fraction of sp³-hybridized carbons (Fsp3) is 0.136. The van der Waals surface area contributed by atoms with Gasteiger partial charge < -0.3 is 10.1 Å². The summed E-state index contributed by atoms with van der Waals surface area (Å²) < 4.78 is 33.6. The first kappa shape index (κ1) is 19.5. The Kier molecular flexibility index (Phi) is 5.38. The van der Waals surface area contributed by atoms with Gasteiger partial charge in [0, 0.05) is 17.7 Å². The Morgan fingerprint density at radius 2 is 1.87 bits per heavy atom. The molecule has 2 aromatic heterocycles. The average Bonchev–Trinajstić information content (AvgIpc) is 3.21. The molecule has 0 radical (unpaired) electrons. The quantitative estimate of drug-likeness (QED) is 0.517. The second-order valence-electron chi connectivity index (χ2n) is 6.52. The van der Waals surface area contributed by atoms with Gasteiger partial charge in [0.25, 0.3) is 12.3 Å². The summed E-state index contributed by atoms with van der Waals surface area (Å²) >= 11 is 0. The molecule has 0 aliphatic carbocycles. The van der Waals surface area contributed by atoms with Crippen LogP contribution in [0.15, 0.2) is 66.9 Å². The zero-order valence-electron chi connectivity index (χ0n) is 16.0. The van der Waals surface area contributed by atoms with E-state index in [1.165, 1.54) is 12.3 Å². The third-order valence-electron chi connectivity index (χ3n) is 4.67. The van der Waals surface area contributed by atoms with E-state index in [1.807, 2.05) is 24.3 Å². The van der Waals surface area contributed by atoms with Crippen LogP contribution in [0.3, 0.4) is 0 Å². The minimum atomic E-state index is -2.78. The summed E-state index contributed by atoms with van der Waals surface area (Å²) in [7, 11) is 1.55. The van der Waals surface area contributed by atoms with Crippen molar-refractivity contribution in [2.24, 2.45) is 0 Å². The Morgan fingerprint density at radius 3 is 2.60 bits per heavy atom. The number of carbonyl (C=O) groups is 1. The number of methoxy groups -OCH3 is 1. The Morgan fingerprint density at radius 1 is 1.13 bits per heavy atom. The van der Waals surface area contributed by atoms with E-state index in [1.54, 1.807) is 37.4 Å². The number of fused-ring (bicyclic) bond motifs is 1. The highest BCUT2D eigenvalue weighted by Crippen LogP contribution is 2.26. The minimum absolute atomic E-state index is 0.0733. The molecule has 0 saturated heterocycles. The van der Waals surface area contributed by atoms with E-state index >= 15 is 0 Å². The molecule has 0 aliphatic rings. The monoisotopic (exact) mass is 408 g/mol. The number of aromatic nitrogens is 3. The van der Waals surface area contributed by atoms with Crippen molar-refractivity contribution >= 4 is 11.6 Å². The number of nitrogens with one attached hydrogen (secondary N) is 1. The average molecular weight is 408 g/mol. The number of rotatable bonds is 6. The van der Waals surface area contributed by atoms with Crippen molar-refractivity contribution in [2.75, 3.05) is 7.11 Å². The molecule has 0 atom stereocenters.